The van der Waals surface area contributed by atoms with Crippen molar-refractivity contribution in [2.24, 2.45) is 0 Å². The van der Waals surface area contributed by atoms with Crippen LogP contribution in [0.3, 0.4) is 0 Å². The zero-order chi connectivity index (χ0) is 14.5. The number of carbonyl (C=O) groups is 1. The van der Waals surface area contributed by atoms with Gasteiger partial charge in [-0.25, -0.2) is 5.48 Å². The number of amides is 1. The fourth-order valence-electron chi connectivity index (χ4n) is 1.74. The number of hydrogen-bond acceptors (Lipinski definition) is 3. The average Bonchev–Trinajstić information content (AvgIpc) is 2.43. The highest BCUT2D eigenvalue weighted by Crippen LogP contribution is 2.29. The monoisotopic (exact) mass is 310 g/mol. The number of halogens is 2. The molecule has 0 unspecified atom stereocenters. The van der Waals surface area contributed by atoms with Gasteiger partial charge in [-0.15, -0.1) is 0 Å². The molecule has 0 aromatic heterocycles. The first-order chi connectivity index (χ1) is 9.63. The first-order valence-electron chi connectivity index (χ1n) is 5.83. The molecule has 0 fully saturated rings. The molecule has 0 bridgehead atoms. The Morgan fingerprint density at radius 2 is 1.80 bits per heavy atom. The van der Waals surface area contributed by atoms with Crippen LogP contribution in [-0.4, -0.2) is 11.1 Å². The highest BCUT2D eigenvalue weighted by atomic mass is 35.5. The molecule has 0 saturated heterocycles. The molecule has 0 aliphatic carbocycles. The number of benzene rings is 2. The second kappa shape index (κ2) is 6.72. The predicted molar refractivity (Wildman–Crippen MR) is 79.5 cm³/mol. The maximum Gasteiger partial charge on any atom is 0.258 e. The molecule has 0 spiro atoms. The lowest BCUT2D eigenvalue weighted by molar-refractivity contribution is 0.102. The first-order valence-corrected chi connectivity index (χ1v) is 6.59. The summed E-state index contributed by atoms with van der Waals surface area (Å²) in [7, 11) is 0. The Hall–Kier alpha value is -1.59. The second-order valence-electron chi connectivity index (χ2n) is 4.05. The van der Waals surface area contributed by atoms with Gasteiger partial charge >= 0.3 is 0 Å². The van der Waals surface area contributed by atoms with Crippen LogP contribution in [-0.2, 0) is 6.54 Å². The molecular weight excluding hydrogens is 299 g/mol. The Kier molecular flexibility index (Phi) is 4.98. The molecule has 0 atom stereocenters. The molecule has 1 amide bonds. The van der Waals surface area contributed by atoms with Crippen LogP contribution < -0.4 is 10.8 Å². The zero-order valence-corrected chi connectivity index (χ0v) is 11.9. The number of hydroxylamine groups is 1. The maximum atomic E-state index is 12.2. The standard InChI is InChI=1S/C14H12Cl2N2O2/c15-11-7-6-9(8-17-20)13(16)12(11)14(19)18-10-4-2-1-3-5-10/h1-7,17,20H,8H2,(H,18,19). The van der Waals surface area contributed by atoms with E-state index in [0.717, 1.165) is 0 Å². The van der Waals surface area contributed by atoms with Crippen molar-refractivity contribution in [1.82, 2.24) is 5.48 Å². The summed E-state index contributed by atoms with van der Waals surface area (Å²) in [5.41, 5.74) is 3.41. The molecule has 2 aromatic rings. The summed E-state index contributed by atoms with van der Waals surface area (Å²) in [6, 6.07) is 12.2. The predicted octanol–water partition coefficient (Wildman–Crippen LogP) is 3.72. The third-order valence-electron chi connectivity index (χ3n) is 2.70. The Balaban J connectivity index is 2.32. The number of hydrogen-bond donors (Lipinski definition) is 3. The molecule has 104 valence electrons. The number of rotatable bonds is 4. The first kappa shape index (κ1) is 14.8. The van der Waals surface area contributed by atoms with E-state index >= 15 is 0 Å². The molecule has 0 aliphatic heterocycles. The van der Waals surface area contributed by atoms with Crippen LogP contribution in [0.2, 0.25) is 10.0 Å². The summed E-state index contributed by atoms with van der Waals surface area (Å²) in [5, 5.41) is 11.9. The van der Waals surface area contributed by atoms with E-state index in [9.17, 15) is 4.79 Å². The van der Waals surface area contributed by atoms with Crippen molar-refractivity contribution in [3.8, 4) is 0 Å². The van der Waals surface area contributed by atoms with Gasteiger partial charge in [0, 0.05) is 12.2 Å². The van der Waals surface area contributed by atoms with E-state index in [2.05, 4.69) is 5.32 Å². The van der Waals surface area contributed by atoms with Crippen LogP contribution in [0.4, 0.5) is 5.69 Å². The van der Waals surface area contributed by atoms with Crippen molar-refractivity contribution in [3.63, 3.8) is 0 Å². The van der Waals surface area contributed by atoms with E-state index < -0.39 is 5.91 Å². The average molecular weight is 311 g/mol. The van der Waals surface area contributed by atoms with Gasteiger partial charge in [0.2, 0.25) is 0 Å². The van der Waals surface area contributed by atoms with Gasteiger partial charge in [-0.1, -0.05) is 47.5 Å². The van der Waals surface area contributed by atoms with Gasteiger partial charge in [-0.05, 0) is 23.8 Å². The second-order valence-corrected chi connectivity index (χ2v) is 4.84. The van der Waals surface area contributed by atoms with Gasteiger partial charge in [-0.3, -0.25) is 4.79 Å². The van der Waals surface area contributed by atoms with Crippen LogP contribution in [0, 0.1) is 0 Å². The SMILES string of the molecule is O=C(Nc1ccccc1)c1c(Cl)ccc(CNO)c1Cl. The van der Waals surface area contributed by atoms with Crippen LogP contribution in [0.5, 0.6) is 0 Å². The number of anilines is 1. The lowest BCUT2D eigenvalue weighted by Crippen LogP contribution is -2.15. The maximum absolute atomic E-state index is 12.2. The van der Waals surface area contributed by atoms with E-state index in [4.69, 9.17) is 28.4 Å². The summed E-state index contributed by atoms with van der Waals surface area (Å²) < 4.78 is 0. The summed E-state index contributed by atoms with van der Waals surface area (Å²) in [4.78, 5) is 12.2. The van der Waals surface area contributed by atoms with Crippen LogP contribution in [0.1, 0.15) is 15.9 Å². The molecule has 0 radical (unpaired) electrons. The van der Waals surface area contributed by atoms with Gasteiger partial charge in [0.15, 0.2) is 0 Å². The summed E-state index contributed by atoms with van der Waals surface area (Å²) in [6.07, 6.45) is 0. The minimum absolute atomic E-state index is 0.127. The van der Waals surface area contributed by atoms with E-state index in [1.54, 1.807) is 24.3 Å². The third kappa shape index (κ3) is 3.29. The lowest BCUT2D eigenvalue weighted by atomic mass is 10.1. The molecule has 6 heteroatoms. The highest BCUT2D eigenvalue weighted by Gasteiger charge is 2.17. The minimum Gasteiger partial charge on any atom is -0.322 e. The van der Waals surface area contributed by atoms with Crippen molar-refractivity contribution in [2.75, 3.05) is 5.32 Å². The van der Waals surface area contributed by atoms with Crippen LogP contribution in [0.25, 0.3) is 0 Å². The van der Waals surface area contributed by atoms with E-state index in [1.165, 1.54) is 0 Å². The number of carbonyl (C=O) groups excluding carboxylic acids is 1. The van der Waals surface area contributed by atoms with Gasteiger partial charge < -0.3 is 10.5 Å². The van der Waals surface area contributed by atoms with E-state index in [1.807, 2.05) is 23.7 Å². The van der Waals surface area contributed by atoms with Crippen molar-refractivity contribution < 1.29 is 10.0 Å². The third-order valence-corrected chi connectivity index (χ3v) is 3.45. The Morgan fingerprint density at radius 1 is 1.10 bits per heavy atom. The largest absolute Gasteiger partial charge is 0.322 e. The Labute approximate surface area is 126 Å². The smallest absolute Gasteiger partial charge is 0.258 e. The number of para-hydroxylation sites is 1. The molecule has 2 rings (SSSR count). The molecule has 4 nitrogen and oxygen atoms in total. The topological polar surface area (TPSA) is 61.4 Å². The lowest BCUT2D eigenvalue weighted by Gasteiger charge is -2.11. The minimum atomic E-state index is -0.397. The van der Waals surface area contributed by atoms with Crippen LogP contribution >= 0.6 is 23.2 Å². The van der Waals surface area contributed by atoms with E-state index in [-0.39, 0.29) is 22.2 Å². The molecule has 0 saturated carbocycles. The van der Waals surface area contributed by atoms with Crippen molar-refractivity contribution in [2.45, 2.75) is 6.54 Å². The van der Waals surface area contributed by atoms with Gasteiger partial charge in [0.25, 0.3) is 5.91 Å². The molecule has 0 heterocycles. The Morgan fingerprint density at radius 3 is 2.45 bits per heavy atom. The molecule has 20 heavy (non-hydrogen) atoms. The fraction of sp³-hybridized carbons (Fsp3) is 0.0714. The van der Waals surface area contributed by atoms with Gasteiger partial charge in [0.05, 0.1) is 15.6 Å². The molecule has 3 N–H and O–H groups in total. The fourth-order valence-corrected chi connectivity index (χ4v) is 2.35. The van der Waals surface area contributed by atoms with Crippen LogP contribution in [0.15, 0.2) is 42.5 Å². The molecule has 0 aliphatic rings. The summed E-state index contributed by atoms with van der Waals surface area (Å²) >= 11 is 12.2. The van der Waals surface area contributed by atoms with Crippen molar-refractivity contribution >= 4 is 34.8 Å². The van der Waals surface area contributed by atoms with Crippen molar-refractivity contribution in [1.29, 1.82) is 0 Å². The van der Waals surface area contributed by atoms with Crippen molar-refractivity contribution in [3.05, 3.63) is 63.6 Å². The summed E-state index contributed by atoms with van der Waals surface area (Å²) in [6.45, 7) is 0.127. The normalized spacial score (nSPS) is 10.3. The quantitative estimate of drug-likeness (QED) is 0.754. The summed E-state index contributed by atoms with van der Waals surface area (Å²) in [5.74, 6) is -0.397. The van der Waals surface area contributed by atoms with E-state index in [0.29, 0.717) is 11.3 Å². The number of nitrogens with one attached hydrogen (secondary N) is 2. The molecular formula is C14H12Cl2N2O2. The van der Waals surface area contributed by atoms with Gasteiger partial charge in [-0.2, -0.15) is 0 Å². The Bertz CT molecular complexity index is 618. The highest BCUT2D eigenvalue weighted by molar-refractivity contribution is 6.40. The molecule has 2 aromatic carbocycles. The zero-order valence-electron chi connectivity index (χ0n) is 10.4. The van der Waals surface area contributed by atoms with Gasteiger partial charge in [0.1, 0.15) is 0 Å².